The zero-order valence-electron chi connectivity index (χ0n) is 16.4. The molecule has 1 aromatic carbocycles. The van der Waals surface area contributed by atoms with Gasteiger partial charge in [-0.1, -0.05) is 18.2 Å². The van der Waals surface area contributed by atoms with Crippen LogP contribution in [0.1, 0.15) is 33.9 Å². The zero-order valence-corrected chi connectivity index (χ0v) is 17.2. The van der Waals surface area contributed by atoms with E-state index in [2.05, 4.69) is 14.9 Å². The summed E-state index contributed by atoms with van der Waals surface area (Å²) in [6.07, 6.45) is 5.40. The number of likely N-dealkylation sites (tertiary alicyclic amines) is 1. The number of piperidine rings is 1. The number of thiophene rings is 1. The summed E-state index contributed by atoms with van der Waals surface area (Å²) in [5, 5.41) is 4.91. The molecule has 1 saturated heterocycles. The molecule has 2 aromatic heterocycles. The molecule has 1 N–H and O–H groups in total. The first-order valence-corrected chi connectivity index (χ1v) is 10.7. The second-order valence-electron chi connectivity index (χ2n) is 7.36. The first kappa shape index (κ1) is 19.4. The van der Waals surface area contributed by atoms with Gasteiger partial charge in [-0.3, -0.25) is 9.59 Å². The van der Waals surface area contributed by atoms with E-state index in [1.165, 1.54) is 11.3 Å². The minimum atomic E-state index is -0.180. The Hall–Kier alpha value is -2.93. The van der Waals surface area contributed by atoms with Gasteiger partial charge in [-0.25, -0.2) is 4.98 Å². The van der Waals surface area contributed by atoms with Crippen molar-refractivity contribution in [1.29, 1.82) is 0 Å². The molecule has 6 nitrogen and oxygen atoms in total. The van der Waals surface area contributed by atoms with E-state index >= 15 is 0 Å². The Balaban J connectivity index is 1.35. The van der Waals surface area contributed by atoms with E-state index in [0.29, 0.717) is 13.1 Å². The predicted molar refractivity (Wildman–Crippen MR) is 114 cm³/mol. The number of nitrogens with one attached hydrogen (secondary N) is 1. The number of hydrogen-bond acceptors (Lipinski definition) is 4. The smallest absolute Gasteiger partial charge is 0.263 e. The highest BCUT2D eigenvalue weighted by Crippen LogP contribution is 2.22. The van der Waals surface area contributed by atoms with Gasteiger partial charge in [0.25, 0.3) is 5.91 Å². The zero-order chi connectivity index (χ0) is 20.2. The predicted octanol–water partition coefficient (Wildman–Crippen LogP) is 3.79. The van der Waals surface area contributed by atoms with Crippen LogP contribution in [0.5, 0.6) is 0 Å². The van der Waals surface area contributed by atoms with E-state index in [9.17, 15) is 9.59 Å². The topological polar surface area (TPSA) is 67.2 Å². The minimum Gasteiger partial charge on any atom is -0.337 e. The fourth-order valence-corrected chi connectivity index (χ4v) is 4.33. The number of nitrogens with zero attached hydrogens (tertiary/aromatic N) is 3. The van der Waals surface area contributed by atoms with Crippen molar-refractivity contribution in [2.45, 2.75) is 26.3 Å². The number of carbonyl (C=O) groups excluding carboxylic acids is 2. The number of benzene rings is 1. The molecule has 1 aliphatic heterocycles. The SMILES string of the molecule is Cc1nccn1Cc1ccc(NC(=O)C2CCCN(C(=O)c3cccs3)C2)cc1. The summed E-state index contributed by atoms with van der Waals surface area (Å²) >= 11 is 1.44. The highest BCUT2D eigenvalue weighted by Gasteiger charge is 2.29. The third kappa shape index (κ3) is 4.56. The van der Waals surface area contributed by atoms with Crippen molar-refractivity contribution < 1.29 is 9.59 Å². The van der Waals surface area contributed by atoms with Crippen molar-refractivity contribution in [3.8, 4) is 0 Å². The Labute approximate surface area is 174 Å². The van der Waals surface area contributed by atoms with Crippen molar-refractivity contribution in [2.24, 2.45) is 5.92 Å². The lowest BCUT2D eigenvalue weighted by molar-refractivity contribution is -0.121. The molecule has 4 rings (SSSR count). The van der Waals surface area contributed by atoms with Crippen molar-refractivity contribution in [3.05, 3.63) is 70.4 Å². The van der Waals surface area contributed by atoms with Gasteiger partial charge in [0.2, 0.25) is 5.91 Å². The molecule has 0 spiro atoms. The van der Waals surface area contributed by atoms with E-state index < -0.39 is 0 Å². The number of aromatic nitrogens is 2. The molecule has 1 fully saturated rings. The number of hydrogen-bond donors (Lipinski definition) is 1. The average Bonchev–Trinajstić information content (AvgIpc) is 3.41. The molecule has 3 aromatic rings. The van der Waals surface area contributed by atoms with Gasteiger partial charge in [0.15, 0.2) is 0 Å². The van der Waals surface area contributed by atoms with Crippen LogP contribution in [0.2, 0.25) is 0 Å². The average molecular weight is 409 g/mol. The lowest BCUT2D eigenvalue weighted by Crippen LogP contribution is -2.43. The number of aryl methyl sites for hydroxylation is 1. The molecule has 0 bridgehead atoms. The molecule has 29 heavy (non-hydrogen) atoms. The third-order valence-corrected chi connectivity index (χ3v) is 6.17. The largest absolute Gasteiger partial charge is 0.337 e. The van der Waals surface area contributed by atoms with Crippen LogP contribution < -0.4 is 5.32 Å². The lowest BCUT2D eigenvalue weighted by Gasteiger charge is -2.31. The number of amides is 2. The normalized spacial score (nSPS) is 16.6. The summed E-state index contributed by atoms with van der Waals surface area (Å²) in [4.78, 5) is 32.1. The Bertz CT molecular complexity index is 979. The van der Waals surface area contributed by atoms with Crippen LogP contribution in [-0.2, 0) is 11.3 Å². The van der Waals surface area contributed by atoms with Gasteiger partial charge < -0.3 is 14.8 Å². The standard InChI is InChI=1S/C22H24N4O2S/c1-16-23-10-12-25(16)14-17-6-8-19(9-7-17)24-21(27)18-4-2-11-26(15-18)22(28)20-5-3-13-29-20/h3,5-10,12-13,18H,2,4,11,14-15H2,1H3,(H,24,27). The molecule has 1 unspecified atom stereocenters. The monoisotopic (exact) mass is 408 g/mol. The fraction of sp³-hybridized carbons (Fsp3) is 0.318. The molecule has 150 valence electrons. The molecule has 2 amide bonds. The molecular formula is C22H24N4O2S. The van der Waals surface area contributed by atoms with Crippen LogP contribution in [0.25, 0.3) is 0 Å². The summed E-state index contributed by atoms with van der Waals surface area (Å²) in [5.41, 5.74) is 1.93. The van der Waals surface area contributed by atoms with E-state index in [4.69, 9.17) is 0 Å². The van der Waals surface area contributed by atoms with Gasteiger partial charge in [0.1, 0.15) is 5.82 Å². The van der Waals surface area contributed by atoms with Gasteiger partial charge in [-0.2, -0.15) is 0 Å². The van der Waals surface area contributed by atoms with Crippen LogP contribution in [0.3, 0.4) is 0 Å². The first-order chi connectivity index (χ1) is 14.1. The second-order valence-corrected chi connectivity index (χ2v) is 8.30. The molecule has 0 radical (unpaired) electrons. The minimum absolute atomic E-state index is 0.0214. The Kier molecular flexibility index (Phi) is 5.76. The highest BCUT2D eigenvalue weighted by molar-refractivity contribution is 7.12. The van der Waals surface area contributed by atoms with Gasteiger partial charge in [-0.05, 0) is 48.9 Å². The van der Waals surface area contributed by atoms with Gasteiger partial charge in [-0.15, -0.1) is 11.3 Å². The number of rotatable bonds is 5. The summed E-state index contributed by atoms with van der Waals surface area (Å²) in [6, 6.07) is 11.6. The quantitative estimate of drug-likeness (QED) is 0.698. The van der Waals surface area contributed by atoms with Crippen molar-refractivity contribution in [1.82, 2.24) is 14.5 Å². The Morgan fingerprint density at radius 2 is 2.07 bits per heavy atom. The fourth-order valence-electron chi connectivity index (χ4n) is 3.64. The van der Waals surface area contributed by atoms with Crippen LogP contribution in [-0.4, -0.2) is 39.4 Å². The maximum Gasteiger partial charge on any atom is 0.263 e. The van der Waals surface area contributed by atoms with E-state index in [0.717, 1.165) is 41.3 Å². The summed E-state index contributed by atoms with van der Waals surface area (Å²) in [5.74, 6) is 0.797. The maximum atomic E-state index is 12.7. The number of carbonyl (C=O) groups is 2. The molecule has 7 heteroatoms. The van der Waals surface area contributed by atoms with E-state index in [1.807, 2.05) is 54.9 Å². The molecule has 1 atom stereocenters. The Morgan fingerprint density at radius 1 is 1.24 bits per heavy atom. The first-order valence-electron chi connectivity index (χ1n) is 9.80. The van der Waals surface area contributed by atoms with E-state index in [1.54, 1.807) is 11.1 Å². The van der Waals surface area contributed by atoms with Gasteiger partial charge >= 0.3 is 0 Å². The number of anilines is 1. The third-order valence-electron chi connectivity index (χ3n) is 5.31. The molecule has 0 saturated carbocycles. The second kappa shape index (κ2) is 8.61. The molecular weight excluding hydrogens is 384 g/mol. The summed E-state index contributed by atoms with van der Waals surface area (Å²) in [7, 11) is 0. The molecule has 1 aliphatic rings. The Morgan fingerprint density at radius 3 is 2.76 bits per heavy atom. The lowest BCUT2D eigenvalue weighted by atomic mass is 9.96. The summed E-state index contributed by atoms with van der Waals surface area (Å²) < 4.78 is 2.08. The van der Waals surface area contributed by atoms with Gasteiger partial charge in [0.05, 0.1) is 10.8 Å². The van der Waals surface area contributed by atoms with Gasteiger partial charge in [0, 0.05) is 37.7 Å². The maximum absolute atomic E-state index is 12.7. The van der Waals surface area contributed by atoms with Crippen LogP contribution in [0.4, 0.5) is 5.69 Å². The van der Waals surface area contributed by atoms with Crippen LogP contribution >= 0.6 is 11.3 Å². The van der Waals surface area contributed by atoms with Crippen molar-refractivity contribution in [3.63, 3.8) is 0 Å². The molecule has 0 aliphatic carbocycles. The summed E-state index contributed by atoms with van der Waals surface area (Å²) in [6.45, 7) is 3.91. The van der Waals surface area contributed by atoms with Crippen LogP contribution in [0, 0.1) is 12.8 Å². The van der Waals surface area contributed by atoms with Crippen molar-refractivity contribution in [2.75, 3.05) is 18.4 Å². The molecule has 3 heterocycles. The highest BCUT2D eigenvalue weighted by atomic mass is 32.1. The number of imidazole rings is 1. The van der Waals surface area contributed by atoms with Crippen molar-refractivity contribution >= 4 is 28.8 Å². The van der Waals surface area contributed by atoms with Crippen LogP contribution in [0.15, 0.2) is 54.2 Å². The van der Waals surface area contributed by atoms with E-state index in [-0.39, 0.29) is 17.7 Å².